The lowest BCUT2D eigenvalue weighted by Crippen LogP contribution is -2.43. The third-order valence-electron chi connectivity index (χ3n) is 21.6. The zero-order valence-electron chi connectivity index (χ0n) is 82.1. The van der Waals surface area contributed by atoms with Gasteiger partial charge in [-0.05, 0) is 202 Å². The van der Waals surface area contributed by atoms with E-state index in [0.717, 1.165) is 31.2 Å². The standard InChI is InChI=1S/C20H24F3N3O6.C20H26FN3O6.C20H27N3O5.C19H24ClN3O5.C18H22FN3O5/c1-12-3-5-14(9-15(12)21)29-11-17(27)24-13-4-6-16(30-10-13)18-25-26-19(32-18)28-7-8-31-20(2,22)23;1-3-26-8-9-27-20-24-23-19(30-20)17-7-5-14(11-29-17)22-18(25)12-28-15-6-4-13(2)16(21)10-15;1-13(2)10-27-20-23-22-19(28-20)17-9-6-15(11-26-17)21-18(24)12-25-16-7-4-14(3)5-8-16;1-3-12(2)27-19-23-22-18(28-19)16-9-6-14(10-26-16)21-17(24)11-25-15-7-4-13(20)5-8-15;1-2-9-24-18-22-21-17(27-18)15-8-5-13(10-26-15)20-16(23)11-25-14-6-3-12(19)4-7-14/h3,5,9,13,16H,4,6-8,10-11H2,1-2H3,(H,24,27);4,6,10,14,17H,3,5,7-9,11-12H2,1-2H3,(H,22,25);4-5,7-8,13,15,17H,6,9-12H2,1-3H3,(H,21,24);4-5,7-8,12,14,16H,3,6,9-11H2,1-2H3,(H,21,24);3-4,6-7,13,15H,2,5,8-11H2,1H3,(H,20,23)/t13-,16+;14-,17+;15-,17+;12?,14-,16+;13-,15+/m00000/s1. The van der Waals surface area contributed by atoms with Crippen LogP contribution in [0.15, 0.2) is 131 Å². The molecule has 11 atom stereocenters. The van der Waals surface area contributed by atoms with Crippen molar-refractivity contribution in [2.75, 3.05) is 112 Å². The number of benzene rings is 5. The molecular weight excluding hydrogens is 1940 g/mol. The fraction of sp³-hybridized carbons (Fsp3) is 0.536. The lowest BCUT2D eigenvalue weighted by molar-refractivity contribution is -0.226. The highest BCUT2D eigenvalue weighted by molar-refractivity contribution is 6.30. The van der Waals surface area contributed by atoms with Gasteiger partial charge in [0.05, 0.1) is 89.7 Å². The van der Waals surface area contributed by atoms with Crippen molar-refractivity contribution >= 4 is 41.1 Å². The minimum absolute atomic E-state index is 0.00950. The molecule has 0 bridgehead atoms. The van der Waals surface area contributed by atoms with Gasteiger partial charge < -0.3 is 129 Å². The van der Waals surface area contributed by atoms with E-state index in [9.17, 15) is 45.9 Å². The van der Waals surface area contributed by atoms with Gasteiger partial charge in [-0.2, -0.15) is 8.78 Å². The third-order valence-corrected chi connectivity index (χ3v) is 21.9. The molecule has 42 nitrogen and oxygen atoms in total. The molecule has 0 aliphatic carbocycles. The molecule has 5 fully saturated rings. The number of hydrogen-bond donors (Lipinski definition) is 5. The average molecular weight is 2060 g/mol. The molecule has 5 saturated heterocycles. The molecule has 5 amide bonds. The zero-order chi connectivity index (χ0) is 103. The van der Waals surface area contributed by atoms with Gasteiger partial charge in [0.1, 0.15) is 96.0 Å². The van der Waals surface area contributed by atoms with Crippen LogP contribution < -0.4 is 74.0 Å². The molecule has 15 rings (SSSR count). The van der Waals surface area contributed by atoms with Crippen LogP contribution in [0.3, 0.4) is 0 Å². The Hall–Kier alpha value is -13.2. The van der Waals surface area contributed by atoms with Gasteiger partial charge in [-0.1, -0.05) is 94.6 Å². The van der Waals surface area contributed by atoms with Gasteiger partial charge in [0.2, 0.25) is 29.5 Å². The molecule has 5 aliphatic heterocycles. The van der Waals surface area contributed by atoms with Gasteiger partial charge in [-0.15, -0.1) is 25.5 Å². The van der Waals surface area contributed by atoms with E-state index < -0.39 is 18.0 Å². The van der Waals surface area contributed by atoms with E-state index in [2.05, 4.69) is 82.3 Å². The zero-order valence-corrected chi connectivity index (χ0v) is 82.8. The molecular formula is C97H123ClF5N15O27. The minimum Gasteiger partial charge on any atom is -0.484 e. The fourth-order valence-electron chi connectivity index (χ4n) is 13.8. The van der Waals surface area contributed by atoms with Crippen molar-refractivity contribution in [3.63, 3.8) is 0 Å². The Kier molecular flexibility index (Phi) is 45.4. The minimum atomic E-state index is -3.24. The molecule has 5 aromatic heterocycles. The summed E-state index contributed by atoms with van der Waals surface area (Å²) in [5.74, 6) is 1.95. The SMILES string of the molecule is CCC(C)Oc1nnc([C@H]2CC[C@H](NC(=O)COc3ccc(Cl)cc3)CO2)o1.CCCOc1nnc([C@H]2CC[C@H](NC(=O)COc3ccc(F)cc3)CO2)o1.CCOCCOc1nnc([C@H]2CC[C@H](NC(=O)COc3ccc(C)c(F)c3)CO2)o1.Cc1ccc(OCC(=O)N[C@H]2CC[C@H](c3nnc(OCC(C)C)o3)OC2)cc1.Cc1ccc(OCC(=O)N[C@H]2CC[C@H](c3nnc(OCCOC(C)(F)F)o3)OC2)cc1F. The number of nitrogens with zero attached hydrogens (tertiary/aromatic N) is 10. The smallest absolute Gasteiger partial charge is 0.414 e. The Morgan fingerprint density at radius 3 is 1.01 bits per heavy atom. The summed E-state index contributed by atoms with van der Waals surface area (Å²) in [5, 5.41) is 53.8. The van der Waals surface area contributed by atoms with Crippen molar-refractivity contribution < 1.29 is 149 Å². The Labute approximate surface area is 837 Å². The molecule has 0 spiro atoms. The quantitative estimate of drug-likeness (QED) is 0.0175. The molecule has 10 heterocycles. The van der Waals surface area contributed by atoms with Gasteiger partial charge in [0.15, 0.2) is 33.0 Å². The normalized spacial score (nSPS) is 19.4. The lowest BCUT2D eigenvalue weighted by atomic mass is 10.1. The van der Waals surface area contributed by atoms with Crippen LogP contribution in [0, 0.1) is 44.1 Å². The maximum atomic E-state index is 13.5. The summed E-state index contributed by atoms with van der Waals surface area (Å²) in [5.41, 5.74) is 2.16. The first-order valence-corrected chi connectivity index (χ1v) is 48.0. The highest BCUT2D eigenvalue weighted by atomic mass is 35.5. The molecule has 5 aromatic carbocycles. The van der Waals surface area contributed by atoms with E-state index in [-0.39, 0.29) is 197 Å². The van der Waals surface area contributed by atoms with Crippen molar-refractivity contribution in [1.82, 2.24) is 77.6 Å². The van der Waals surface area contributed by atoms with Crippen LogP contribution in [0.1, 0.15) is 202 Å². The predicted molar refractivity (Wildman–Crippen MR) is 500 cm³/mol. The Morgan fingerprint density at radius 1 is 0.386 bits per heavy atom. The summed E-state index contributed by atoms with van der Waals surface area (Å²) < 4.78 is 184. The van der Waals surface area contributed by atoms with Crippen LogP contribution in [0.25, 0.3) is 0 Å². The maximum absolute atomic E-state index is 13.5. The average Bonchev–Trinajstić information content (AvgIpc) is 1.73. The molecule has 10 aromatic rings. The second kappa shape index (κ2) is 58.7. The van der Waals surface area contributed by atoms with Crippen LogP contribution in [0.4, 0.5) is 22.0 Å². The lowest BCUT2D eigenvalue weighted by Gasteiger charge is -2.27. The van der Waals surface area contributed by atoms with E-state index in [1.807, 2.05) is 72.7 Å². The van der Waals surface area contributed by atoms with Crippen molar-refractivity contribution in [2.45, 2.75) is 219 Å². The second-order valence-electron chi connectivity index (χ2n) is 34.3. The van der Waals surface area contributed by atoms with Gasteiger partial charge >= 0.3 is 36.5 Å². The number of halogens is 6. The summed E-state index contributed by atoms with van der Waals surface area (Å²) in [6.45, 7) is 20.7. The molecule has 0 radical (unpaired) electrons. The Balaban J connectivity index is 0.000000173. The van der Waals surface area contributed by atoms with Crippen molar-refractivity contribution in [2.24, 2.45) is 5.92 Å². The van der Waals surface area contributed by atoms with E-state index in [1.165, 1.54) is 36.4 Å². The summed E-state index contributed by atoms with van der Waals surface area (Å²) in [4.78, 5) is 60.3. The number of ether oxygens (including phenoxy) is 17. The molecule has 5 aliphatic rings. The number of alkyl halides is 2. The largest absolute Gasteiger partial charge is 0.484 e. The van der Waals surface area contributed by atoms with Crippen LogP contribution in [0.5, 0.6) is 59.1 Å². The second-order valence-corrected chi connectivity index (χ2v) is 34.7. The number of amides is 5. The van der Waals surface area contributed by atoms with E-state index in [0.29, 0.717) is 186 Å². The molecule has 48 heteroatoms. The first-order chi connectivity index (χ1) is 69.9. The molecule has 0 saturated carbocycles. The van der Waals surface area contributed by atoms with Crippen molar-refractivity contribution in [3.8, 4) is 59.1 Å². The first-order valence-electron chi connectivity index (χ1n) is 47.6. The van der Waals surface area contributed by atoms with Crippen LogP contribution in [-0.2, 0) is 57.1 Å². The van der Waals surface area contributed by atoms with Gasteiger partial charge in [0.25, 0.3) is 29.5 Å². The molecule has 145 heavy (non-hydrogen) atoms. The topological polar surface area (TPSA) is 497 Å². The van der Waals surface area contributed by atoms with E-state index >= 15 is 0 Å². The van der Waals surface area contributed by atoms with Crippen LogP contribution >= 0.6 is 11.6 Å². The molecule has 5 N–H and O–H groups in total. The number of hydrogen-bond acceptors (Lipinski definition) is 37. The van der Waals surface area contributed by atoms with Crippen LogP contribution in [-0.4, -0.2) is 235 Å². The molecule has 790 valence electrons. The molecule has 1 unspecified atom stereocenters. The first kappa shape index (κ1) is 112. The van der Waals surface area contributed by atoms with Crippen molar-refractivity contribution in [1.29, 1.82) is 0 Å². The maximum Gasteiger partial charge on any atom is 0.414 e. The van der Waals surface area contributed by atoms with Gasteiger partial charge in [-0.3, -0.25) is 24.0 Å². The predicted octanol–water partition coefficient (Wildman–Crippen LogP) is 13.8. The monoisotopic (exact) mass is 2060 g/mol. The highest BCUT2D eigenvalue weighted by Crippen LogP contribution is 2.35. The van der Waals surface area contributed by atoms with E-state index in [4.69, 9.17) is 109 Å². The Bertz CT molecular complexity index is 5510. The summed E-state index contributed by atoms with van der Waals surface area (Å²) >= 11 is 5.82. The summed E-state index contributed by atoms with van der Waals surface area (Å²) in [6.07, 6.45) is 3.69. The van der Waals surface area contributed by atoms with E-state index in [1.54, 1.807) is 62.4 Å². The number of rotatable bonds is 44. The number of aryl methyl sites for hydroxylation is 3. The summed E-state index contributed by atoms with van der Waals surface area (Å²) in [7, 11) is 0. The fourth-order valence-corrected chi connectivity index (χ4v) is 13.9. The van der Waals surface area contributed by atoms with Crippen LogP contribution in [0.2, 0.25) is 5.02 Å². The Morgan fingerprint density at radius 2 is 0.697 bits per heavy atom. The number of carbonyl (C=O) groups is 5. The van der Waals surface area contributed by atoms with Crippen molar-refractivity contribution in [3.05, 3.63) is 178 Å². The highest BCUT2D eigenvalue weighted by Gasteiger charge is 2.35. The number of carbonyl (C=O) groups excluding carboxylic acids is 5. The summed E-state index contributed by atoms with van der Waals surface area (Å²) in [6, 6.07) is 28.1. The van der Waals surface area contributed by atoms with Gasteiger partial charge in [-0.25, -0.2) is 13.2 Å². The van der Waals surface area contributed by atoms with Gasteiger partial charge in [0, 0.05) is 30.7 Å². The third kappa shape index (κ3) is 40.4. The number of nitrogens with one attached hydrogen (secondary N) is 5. The number of aromatic nitrogens is 10.